The van der Waals surface area contributed by atoms with E-state index in [-0.39, 0.29) is 0 Å². The van der Waals surface area contributed by atoms with E-state index >= 15 is 0 Å². The highest BCUT2D eigenvalue weighted by atomic mass is 16.5. The van der Waals surface area contributed by atoms with Crippen LogP contribution >= 0.6 is 0 Å². The van der Waals surface area contributed by atoms with Gasteiger partial charge in [0.15, 0.2) is 0 Å². The van der Waals surface area contributed by atoms with Crippen LogP contribution in [0, 0.1) is 11.3 Å². The van der Waals surface area contributed by atoms with E-state index in [2.05, 4.69) is 26.0 Å². The van der Waals surface area contributed by atoms with Crippen LogP contribution in [0.4, 0.5) is 0 Å². The van der Waals surface area contributed by atoms with Gasteiger partial charge in [0.05, 0.1) is 11.6 Å². The monoisotopic (exact) mass is 237 g/mol. The Morgan fingerprint density at radius 2 is 1.83 bits per heavy atom. The van der Waals surface area contributed by atoms with Crippen LogP contribution in [0.1, 0.15) is 30.9 Å². The van der Waals surface area contributed by atoms with E-state index < -0.39 is 0 Å². The quantitative estimate of drug-likeness (QED) is 0.788. The van der Waals surface area contributed by atoms with Crippen LogP contribution < -0.4 is 4.74 Å². The smallest absolute Gasteiger partial charge is 0.130 e. The zero-order valence-corrected chi connectivity index (χ0v) is 10.6. The minimum Gasteiger partial charge on any atom is -0.457 e. The fourth-order valence-corrected chi connectivity index (χ4v) is 1.81. The normalized spacial score (nSPS) is 10.1. The summed E-state index contributed by atoms with van der Waals surface area (Å²) in [6.07, 6.45) is 0. The molecule has 0 aliphatic rings. The summed E-state index contributed by atoms with van der Waals surface area (Å²) in [5, 5.41) is 8.87. The number of ether oxygens (including phenoxy) is 1. The van der Waals surface area contributed by atoms with Gasteiger partial charge in [0.25, 0.3) is 0 Å². The van der Waals surface area contributed by atoms with Crippen LogP contribution in [0.5, 0.6) is 11.5 Å². The standard InChI is InChI=1S/C16H15NO/c1-12(2)15-8-3-4-9-16(15)18-14-7-5-6-13(10-14)11-17/h3-10,12H,1-2H3. The third-order valence-corrected chi connectivity index (χ3v) is 2.73. The second-order valence-corrected chi connectivity index (χ2v) is 4.43. The molecular weight excluding hydrogens is 222 g/mol. The van der Waals surface area contributed by atoms with Gasteiger partial charge >= 0.3 is 0 Å². The second kappa shape index (κ2) is 5.37. The number of nitrogens with zero attached hydrogens (tertiary/aromatic N) is 1. The van der Waals surface area contributed by atoms with Crippen LogP contribution in [0.25, 0.3) is 0 Å². The van der Waals surface area contributed by atoms with Gasteiger partial charge in [0.2, 0.25) is 0 Å². The predicted octanol–water partition coefficient (Wildman–Crippen LogP) is 4.47. The van der Waals surface area contributed by atoms with E-state index in [0.717, 1.165) is 5.75 Å². The Hall–Kier alpha value is -2.27. The van der Waals surface area contributed by atoms with E-state index in [1.54, 1.807) is 12.1 Å². The zero-order chi connectivity index (χ0) is 13.0. The molecule has 2 rings (SSSR count). The average molecular weight is 237 g/mol. The molecule has 0 atom stereocenters. The molecule has 0 saturated heterocycles. The van der Waals surface area contributed by atoms with Crippen molar-refractivity contribution in [2.24, 2.45) is 0 Å². The molecule has 2 nitrogen and oxygen atoms in total. The fourth-order valence-electron chi connectivity index (χ4n) is 1.81. The maximum absolute atomic E-state index is 8.87. The van der Waals surface area contributed by atoms with Gasteiger partial charge in [-0.1, -0.05) is 38.1 Å². The minimum atomic E-state index is 0.403. The van der Waals surface area contributed by atoms with Crippen molar-refractivity contribution in [3.8, 4) is 17.6 Å². The lowest BCUT2D eigenvalue weighted by atomic mass is 10.0. The third kappa shape index (κ3) is 2.70. The first-order valence-corrected chi connectivity index (χ1v) is 5.97. The summed E-state index contributed by atoms with van der Waals surface area (Å²) in [5.41, 5.74) is 1.77. The van der Waals surface area contributed by atoms with Gasteiger partial charge < -0.3 is 4.74 Å². The van der Waals surface area contributed by atoms with Crippen LogP contribution in [0.2, 0.25) is 0 Å². The zero-order valence-electron chi connectivity index (χ0n) is 10.6. The van der Waals surface area contributed by atoms with E-state index in [4.69, 9.17) is 10.00 Å². The van der Waals surface area contributed by atoms with Crippen LogP contribution in [-0.2, 0) is 0 Å². The van der Waals surface area contributed by atoms with Gasteiger partial charge in [-0.25, -0.2) is 0 Å². The van der Waals surface area contributed by atoms with E-state index in [1.165, 1.54) is 5.56 Å². The Morgan fingerprint density at radius 1 is 1.06 bits per heavy atom. The molecule has 0 saturated carbocycles. The lowest BCUT2D eigenvalue weighted by Gasteiger charge is -2.13. The van der Waals surface area contributed by atoms with Crippen molar-refractivity contribution in [2.75, 3.05) is 0 Å². The molecule has 0 N–H and O–H groups in total. The molecule has 0 heterocycles. The molecule has 2 aromatic carbocycles. The highest BCUT2D eigenvalue weighted by Gasteiger charge is 2.07. The summed E-state index contributed by atoms with van der Waals surface area (Å²) < 4.78 is 5.86. The summed E-state index contributed by atoms with van der Waals surface area (Å²) in [6.45, 7) is 4.27. The van der Waals surface area contributed by atoms with Gasteiger partial charge in [-0.05, 0) is 35.7 Å². The molecule has 0 aliphatic carbocycles. The molecular formula is C16H15NO. The Balaban J connectivity index is 2.31. The average Bonchev–Trinajstić information content (AvgIpc) is 2.39. The first-order valence-electron chi connectivity index (χ1n) is 5.97. The molecule has 0 spiro atoms. The van der Waals surface area contributed by atoms with Gasteiger partial charge in [-0.15, -0.1) is 0 Å². The van der Waals surface area contributed by atoms with Gasteiger partial charge in [0.1, 0.15) is 11.5 Å². The van der Waals surface area contributed by atoms with Gasteiger partial charge in [-0.2, -0.15) is 5.26 Å². The molecule has 18 heavy (non-hydrogen) atoms. The van der Waals surface area contributed by atoms with Crippen molar-refractivity contribution in [1.29, 1.82) is 5.26 Å². The molecule has 0 fully saturated rings. The van der Waals surface area contributed by atoms with Gasteiger partial charge in [0, 0.05) is 0 Å². The number of rotatable bonds is 3. The van der Waals surface area contributed by atoms with Crippen LogP contribution in [-0.4, -0.2) is 0 Å². The van der Waals surface area contributed by atoms with E-state index in [1.807, 2.05) is 30.3 Å². The van der Waals surface area contributed by atoms with Crippen molar-refractivity contribution >= 4 is 0 Å². The Bertz CT molecular complexity index is 582. The Labute approximate surface area is 107 Å². The van der Waals surface area contributed by atoms with Crippen molar-refractivity contribution in [3.63, 3.8) is 0 Å². The largest absolute Gasteiger partial charge is 0.457 e. The van der Waals surface area contributed by atoms with Crippen molar-refractivity contribution in [3.05, 3.63) is 59.7 Å². The maximum Gasteiger partial charge on any atom is 0.130 e. The van der Waals surface area contributed by atoms with Crippen molar-refractivity contribution in [2.45, 2.75) is 19.8 Å². The molecule has 0 aromatic heterocycles. The molecule has 2 heteroatoms. The minimum absolute atomic E-state index is 0.403. The number of para-hydroxylation sites is 1. The molecule has 0 aliphatic heterocycles. The summed E-state index contributed by atoms with van der Waals surface area (Å²) in [4.78, 5) is 0. The second-order valence-electron chi connectivity index (χ2n) is 4.43. The van der Waals surface area contributed by atoms with E-state index in [9.17, 15) is 0 Å². The highest BCUT2D eigenvalue weighted by Crippen LogP contribution is 2.30. The molecule has 0 amide bonds. The lowest BCUT2D eigenvalue weighted by molar-refractivity contribution is 0.473. The molecule has 90 valence electrons. The summed E-state index contributed by atoms with van der Waals surface area (Å²) in [5.74, 6) is 1.95. The SMILES string of the molecule is CC(C)c1ccccc1Oc1cccc(C#N)c1. The number of hydrogen-bond donors (Lipinski definition) is 0. The first-order chi connectivity index (χ1) is 8.70. The fraction of sp³-hybridized carbons (Fsp3) is 0.188. The number of hydrogen-bond acceptors (Lipinski definition) is 2. The highest BCUT2D eigenvalue weighted by molar-refractivity contribution is 5.42. The Morgan fingerprint density at radius 3 is 2.56 bits per heavy atom. The van der Waals surface area contributed by atoms with Crippen molar-refractivity contribution in [1.82, 2.24) is 0 Å². The summed E-state index contributed by atoms with van der Waals surface area (Å²) in [6, 6.07) is 17.3. The number of benzene rings is 2. The van der Waals surface area contributed by atoms with E-state index in [0.29, 0.717) is 17.2 Å². The summed E-state index contributed by atoms with van der Waals surface area (Å²) >= 11 is 0. The third-order valence-electron chi connectivity index (χ3n) is 2.73. The number of nitriles is 1. The predicted molar refractivity (Wildman–Crippen MR) is 71.8 cm³/mol. The van der Waals surface area contributed by atoms with Crippen LogP contribution in [0.3, 0.4) is 0 Å². The van der Waals surface area contributed by atoms with Gasteiger partial charge in [-0.3, -0.25) is 0 Å². The van der Waals surface area contributed by atoms with Crippen molar-refractivity contribution < 1.29 is 4.74 Å². The lowest BCUT2D eigenvalue weighted by Crippen LogP contribution is -1.93. The first kappa shape index (κ1) is 12.2. The molecule has 2 aromatic rings. The topological polar surface area (TPSA) is 33.0 Å². The molecule has 0 unspecified atom stereocenters. The molecule has 0 radical (unpaired) electrons. The summed E-state index contributed by atoms with van der Waals surface area (Å²) in [7, 11) is 0. The maximum atomic E-state index is 8.87. The Kier molecular flexibility index (Phi) is 3.64. The van der Waals surface area contributed by atoms with Crippen LogP contribution in [0.15, 0.2) is 48.5 Å². The molecule has 0 bridgehead atoms.